The molecule has 6 heteroatoms. The van der Waals surface area contributed by atoms with Gasteiger partial charge in [0.1, 0.15) is 5.75 Å². The van der Waals surface area contributed by atoms with Gasteiger partial charge in [-0.25, -0.2) is 0 Å². The topological polar surface area (TPSA) is 21.3 Å². The highest BCUT2D eigenvalue weighted by Gasteiger charge is 2.11. The number of benzene rings is 2. The molecule has 0 unspecified atom stereocenters. The van der Waals surface area contributed by atoms with Crippen LogP contribution >= 0.6 is 55.1 Å². The Bertz CT molecular complexity index is 630. The van der Waals surface area contributed by atoms with E-state index in [1.54, 1.807) is 12.1 Å². The molecule has 0 bridgehead atoms. The predicted molar refractivity (Wildman–Crippen MR) is 96.8 cm³/mol. The molecule has 0 saturated heterocycles. The van der Waals surface area contributed by atoms with Gasteiger partial charge in [-0.15, -0.1) is 0 Å². The van der Waals surface area contributed by atoms with E-state index < -0.39 is 0 Å². The molecule has 2 nitrogen and oxygen atoms in total. The van der Waals surface area contributed by atoms with Crippen LogP contribution in [0.4, 0.5) is 5.69 Å². The summed E-state index contributed by atoms with van der Waals surface area (Å²) in [7, 11) is 0. The van der Waals surface area contributed by atoms with Crippen molar-refractivity contribution in [2.24, 2.45) is 0 Å². The van der Waals surface area contributed by atoms with Gasteiger partial charge in [0, 0.05) is 16.6 Å². The summed E-state index contributed by atoms with van der Waals surface area (Å²) in [5.74, 6) is 0.816. The van der Waals surface area contributed by atoms with E-state index in [4.69, 9.17) is 27.9 Å². The number of ether oxygens (including phenoxy) is 1. The van der Waals surface area contributed by atoms with Gasteiger partial charge in [-0.2, -0.15) is 0 Å². The average Bonchev–Trinajstić information content (AvgIpc) is 2.42. The van der Waals surface area contributed by atoms with Crippen molar-refractivity contribution in [1.82, 2.24) is 0 Å². The van der Waals surface area contributed by atoms with Crippen LogP contribution in [0.5, 0.6) is 5.75 Å². The Morgan fingerprint density at radius 2 is 1.81 bits per heavy atom. The minimum absolute atomic E-state index is 0.552. The minimum Gasteiger partial charge on any atom is -0.492 e. The van der Waals surface area contributed by atoms with Crippen molar-refractivity contribution in [2.75, 3.05) is 11.9 Å². The zero-order valence-corrected chi connectivity index (χ0v) is 15.9. The fraction of sp³-hybridized carbons (Fsp3) is 0.200. The summed E-state index contributed by atoms with van der Waals surface area (Å²) in [5.41, 5.74) is 1.73. The van der Waals surface area contributed by atoms with E-state index in [9.17, 15) is 0 Å². The highest BCUT2D eigenvalue weighted by Crippen LogP contribution is 2.35. The molecular weight excluding hydrogens is 441 g/mol. The average molecular weight is 454 g/mol. The molecule has 112 valence electrons. The lowest BCUT2D eigenvalue weighted by Crippen LogP contribution is -2.05. The first kappa shape index (κ1) is 16.9. The minimum atomic E-state index is 0.552. The Kier molecular flexibility index (Phi) is 6.23. The summed E-state index contributed by atoms with van der Waals surface area (Å²) in [4.78, 5) is 0. The lowest BCUT2D eigenvalue weighted by Gasteiger charge is -2.15. The molecule has 2 aromatic rings. The molecule has 2 aromatic carbocycles. The van der Waals surface area contributed by atoms with Gasteiger partial charge in [0.2, 0.25) is 0 Å². The SMILES string of the molecule is CCOc1c(Br)cc(Br)cc1CNc1c(Cl)cccc1Cl. The fourth-order valence-corrected chi connectivity index (χ4v) is 3.86. The second-order valence-corrected chi connectivity index (χ2v) is 6.84. The number of nitrogens with one attached hydrogen (secondary N) is 1. The standard InChI is InChI=1S/C15H13Br2Cl2NO/c1-2-21-15-9(6-10(16)7-11(15)17)8-20-14-12(18)4-3-5-13(14)19/h3-7,20H,2,8H2,1H3. The first-order chi connectivity index (χ1) is 10.0. The zero-order chi connectivity index (χ0) is 15.4. The molecule has 0 aliphatic carbocycles. The van der Waals surface area contributed by atoms with Crippen LogP contribution < -0.4 is 10.1 Å². The maximum atomic E-state index is 6.16. The number of para-hydroxylation sites is 1. The molecule has 2 rings (SSSR count). The molecule has 0 saturated carbocycles. The number of anilines is 1. The highest BCUT2D eigenvalue weighted by molar-refractivity contribution is 9.11. The van der Waals surface area contributed by atoms with Crippen LogP contribution in [0.2, 0.25) is 10.0 Å². The van der Waals surface area contributed by atoms with Crippen LogP contribution in [0, 0.1) is 0 Å². The summed E-state index contributed by atoms with van der Waals surface area (Å²) < 4.78 is 7.57. The number of hydrogen-bond donors (Lipinski definition) is 1. The van der Waals surface area contributed by atoms with Crippen LogP contribution in [-0.2, 0) is 6.54 Å². The van der Waals surface area contributed by atoms with Gasteiger partial charge in [0.15, 0.2) is 0 Å². The number of halogens is 4. The van der Waals surface area contributed by atoms with Crippen LogP contribution in [0.3, 0.4) is 0 Å². The second kappa shape index (κ2) is 7.73. The van der Waals surface area contributed by atoms with E-state index in [-0.39, 0.29) is 0 Å². The molecule has 0 aliphatic heterocycles. The maximum Gasteiger partial charge on any atom is 0.138 e. The third-order valence-corrected chi connectivity index (χ3v) is 4.47. The number of rotatable bonds is 5. The second-order valence-electron chi connectivity index (χ2n) is 4.26. The third-order valence-electron chi connectivity index (χ3n) is 2.79. The zero-order valence-electron chi connectivity index (χ0n) is 11.2. The van der Waals surface area contributed by atoms with Crippen LogP contribution in [0.25, 0.3) is 0 Å². The smallest absolute Gasteiger partial charge is 0.138 e. The predicted octanol–water partition coefficient (Wildman–Crippen LogP) is 6.53. The number of hydrogen-bond acceptors (Lipinski definition) is 2. The maximum absolute atomic E-state index is 6.16. The molecular formula is C15H13Br2Cl2NO. The van der Waals surface area contributed by atoms with Crippen molar-refractivity contribution >= 4 is 60.7 Å². The first-order valence-corrected chi connectivity index (χ1v) is 8.65. The quantitative estimate of drug-likeness (QED) is 0.555. The fourth-order valence-electron chi connectivity index (χ4n) is 1.90. The molecule has 0 aromatic heterocycles. The van der Waals surface area contributed by atoms with Gasteiger partial charge in [0.25, 0.3) is 0 Å². The molecule has 0 heterocycles. The van der Waals surface area contributed by atoms with E-state index in [0.717, 1.165) is 25.9 Å². The van der Waals surface area contributed by atoms with Crippen molar-refractivity contribution in [3.8, 4) is 5.75 Å². The van der Waals surface area contributed by atoms with Gasteiger partial charge < -0.3 is 10.1 Å². The largest absolute Gasteiger partial charge is 0.492 e. The van der Waals surface area contributed by atoms with Gasteiger partial charge in [-0.05, 0) is 47.1 Å². The lowest BCUT2D eigenvalue weighted by molar-refractivity contribution is 0.334. The Labute approximate surface area is 151 Å². The van der Waals surface area contributed by atoms with Crippen molar-refractivity contribution in [2.45, 2.75) is 13.5 Å². The van der Waals surface area contributed by atoms with Crippen LogP contribution in [0.1, 0.15) is 12.5 Å². The van der Waals surface area contributed by atoms with Gasteiger partial charge in [0.05, 0.1) is 26.8 Å². The molecule has 1 N–H and O–H groups in total. The molecule has 0 aliphatic rings. The summed E-state index contributed by atoms with van der Waals surface area (Å²) >= 11 is 19.3. The molecule has 0 fully saturated rings. The molecule has 0 spiro atoms. The monoisotopic (exact) mass is 451 g/mol. The van der Waals surface area contributed by atoms with Crippen molar-refractivity contribution < 1.29 is 4.74 Å². The first-order valence-electron chi connectivity index (χ1n) is 6.31. The van der Waals surface area contributed by atoms with E-state index in [1.807, 2.05) is 25.1 Å². The van der Waals surface area contributed by atoms with E-state index in [1.165, 1.54) is 0 Å². The van der Waals surface area contributed by atoms with E-state index in [0.29, 0.717) is 23.2 Å². The van der Waals surface area contributed by atoms with E-state index >= 15 is 0 Å². The Morgan fingerprint density at radius 3 is 2.43 bits per heavy atom. The van der Waals surface area contributed by atoms with Crippen molar-refractivity contribution in [3.63, 3.8) is 0 Å². The van der Waals surface area contributed by atoms with Gasteiger partial charge in [-0.1, -0.05) is 45.2 Å². The van der Waals surface area contributed by atoms with Crippen molar-refractivity contribution in [3.05, 3.63) is 54.9 Å². The Hall–Kier alpha value is -0.420. The molecule has 0 amide bonds. The summed E-state index contributed by atoms with van der Waals surface area (Å²) in [6.07, 6.45) is 0. The normalized spacial score (nSPS) is 10.5. The summed E-state index contributed by atoms with van der Waals surface area (Å²) in [6.45, 7) is 3.10. The Balaban J connectivity index is 2.27. The van der Waals surface area contributed by atoms with Gasteiger partial charge in [-0.3, -0.25) is 0 Å². The molecule has 0 atom stereocenters. The summed E-state index contributed by atoms with van der Waals surface area (Å²) in [5, 5.41) is 4.45. The van der Waals surface area contributed by atoms with Gasteiger partial charge >= 0.3 is 0 Å². The van der Waals surface area contributed by atoms with Crippen LogP contribution in [-0.4, -0.2) is 6.61 Å². The Morgan fingerprint density at radius 1 is 1.14 bits per heavy atom. The lowest BCUT2D eigenvalue weighted by atomic mass is 10.2. The van der Waals surface area contributed by atoms with E-state index in [2.05, 4.69) is 37.2 Å². The third kappa shape index (κ3) is 4.28. The highest BCUT2D eigenvalue weighted by atomic mass is 79.9. The molecule has 21 heavy (non-hydrogen) atoms. The summed E-state index contributed by atoms with van der Waals surface area (Å²) in [6, 6.07) is 9.38. The van der Waals surface area contributed by atoms with Crippen LogP contribution in [0.15, 0.2) is 39.3 Å². The van der Waals surface area contributed by atoms with Crippen molar-refractivity contribution in [1.29, 1.82) is 0 Å². The molecule has 0 radical (unpaired) electrons.